The van der Waals surface area contributed by atoms with E-state index in [9.17, 15) is 22.8 Å². The van der Waals surface area contributed by atoms with Crippen LogP contribution in [0.15, 0.2) is 0 Å². The lowest BCUT2D eigenvalue weighted by Crippen LogP contribution is -2.54. The summed E-state index contributed by atoms with van der Waals surface area (Å²) in [5.74, 6) is -0.143. The molecule has 1 N–H and O–H groups in total. The van der Waals surface area contributed by atoms with Gasteiger partial charge in [-0.2, -0.15) is 13.2 Å². The van der Waals surface area contributed by atoms with Crippen molar-refractivity contribution in [2.75, 3.05) is 26.2 Å². The fraction of sp³-hybridized carbons (Fsp3) is 0.750. The summed E-state index contributed by atoms with van der Waals surface area (Å²) in [5, 5.41) is 0.916. The summed E-state index contributed by atoms with van der Waals surface area (Å²) in [4.78, 5) is 24.5. The van der Waals surface area contributed by atoms with Crippen molar-refractivity contribution in [2.24, 2.45) is 0 Å². The van der Waals surface area contributed by atoms with Gasteiger partial charge < -0.3 is 9.80 Å². The molecule has 0 aromatic rings. The average molecular weight is 239 g/mol. The summed E-state index contributed by atoms with van der Waals surface area (Å²) in [7, 11) is 0. The van der Waals surface area contributed by atoms with Crippen LogP contribution in [-0.4, -0.2) is 54.2 Å². The van der Waals surface area contributed by atoms with Crippen LogP contribution in [0.4, 0.5) is 18.0 Å². The van der Waals surface area contributed by atoms with Gasteiger partial charge in [0.05, 0.1) is 0 Å². The summed E-state index contributed by atoms with van der Waals surface area (Å²) in [5.41, 5.74) is 0. The number of hydrogen-bond donors (Lipinski definition) is 1. The first-order chi connectivity index (χ1) is 7.29. The van der Waals surface area contributed by atoms with Crippen LogP contribution < -0.4 is 5.32 Å². The number of urea groups is 1. The molecule has 0 unspecified atom stereocenters. The van der Waals surface area contributed by atoms with E-state index in [2.05, 4.69) is 0 Å². The number of halogens is 3. The Labute approximate surface area is 90.2 Å². The number of alkyl halides is 3. The zero-order valence-corrected chi connectivity index (χ0v) is 8.67. The molecular formula is C8H12F3N3O2. The Hall–Kier alpha value is -1.47. The summed E-state index contributed by atoms with van der Waals surface area (Å²) in [6, 6.07) is -1.17. The molecule has 0 bridgehead atoms. The first-order valence-corrected chi connectivity index (χ1v) is 4.69. The van der Waals surface area contributed by atoms with E-state index in [1.165, 1.54) is 11.8 Å². The molecule has 3 amide bonds. The first kappa shape index (κ1) is 12.6. The van der Waals surface area contributed by atoms with Gasteiger partial charge in [0.25, 0.3) is 0 Å². The summed E-state index contributed by atoms with van der Waals surface area (Å²) < 4.78 is 35.5. The third-order valence-electron chi connectivity index (χ3n) is 2.26. The quantitative estimate of drug-likeness (QED) is 0.621. The highest BCUT2D eigenvalue weighted by molar-refractivity contribution is 5.76. The van der Waals surface area contributed by atoms with Crippen LogP contribution in [0.1, 0.15) is 6.92 Å². The number of nitrogens with one attached hydrogen (secondary N) is 1. The van der Waals surface area contributed by atoms with Gasteiger partial charge in [-0.1, -0.05) is 0 Å². The van der Waals surface area contributed by atoms with Crippen LogP contribution in [0, 0.1) is 0 Å². The van der Waals surface area contributed by atoms with E-state index in [0.29, 0.717) is 0 Å². The van der Waals surface area contributed by atoms with Crippen LogP contribution in [-0.2, 0) is 4.79 Å². The molecule has 1 fully saturated rings. The normalized spacial score (nSPS) is 17.2. The Morgan fingerprint density at radius 3 is 1.88 bits per heavy atom. The lowest BCUT2D eigenvalue weighted by molar-refractivity contribution is -0.148. The van der Waals surface area contributed by atoms with Crippen molar-refractivity contribution in [1.29, 1.82) is 0 Å². The van der Waals surface area contributed by atoms with Crippen molar-refractivity contribution in [3.05, 3.63) is 0 Å². The standard InChI is InChI=1S/C8H12F3N3O2/c1-6(15)13-2-4-14(5-3-13)7(16)12-8(9,10)11/h2-5H2,1H3,(H,12,16). The number of piperazine rings is 1. The van der Waals surface area contributed by atoms with Gasteiger partial charge in [0, 0.05) is 33.1 Å². The molecule has 1 rings (SSSR count). The minimum atomic E-state index is -4.71. The van der Waals surface area contributed by atoms with Crippen molar-refractivity contribution < 1.29 is 22.8 Å². The molecule has 1 aliphatic rings. The van der Waals surface area contributed by atoms with Gasteiger partial charge in [0.1, 0.15) is 0 Å². The lowest BCUT2D eigenvalue weighted by Gasteiger charge is -2.34. The minimum Gasteiger partial charge on any atom is -0.339 e. The number of rotatable bonds is 0. The predicted molar refractivity (Wildman–Crippen MR) is 48.4 cm³/mol. The third kappa shape index (κ3) is 3.59. The molecule has 5 nitrogen and oxygen atoms in total. The number of nitrogens with zero attached hydrogens (tertiary/aromatic N) is 2. The molecule has 0 spiro atoms. The molecular weight excluding hydrogens is 227 g/mol. The maximum atomic E-state index is 11.8. The molecule has 0 aromatic carbocycles. The number of hydrogen-bond acceptors (Lipinski definition) is 2. The van der Waals surface area contributed by atoms with Gasteiger partial charge in [-0.15, -0.1) is 0 Å². The van der Waals surface area contributed by atoms with Gasteiger partial charge in [0.15, 0.2) is 0 Å². The van der Waals surface area contributed by atoms with E-state index in [1.54, 1.807) is 0 Å². The highest BCUT2D eigenvalue weighted by atomic mass is 19.4. The van der Waals surface area contributed by atoms with Gasteiger partial charge >= 0.3 is 12.3 Å². The Balaban J connectivity index is 2.42. The van der Waals surface area contributed by atoms with Crippen LogP contribution >= 0.6 is 0 Å². The van der Waals surface area contributed by atoms with Crippen molar-refractivity contribution in [3.8, 4) is 0 Å². The molecule has 92 valence electrons. The van der Waals surface area contributed by atoms with Crippen LogP contribution in [0.5, 0.6) is 0 Å². The van der Waals surface area contributed by atoms with Crippen LogP contribution in [0.25, 0.3) is 0 Å². The van der Waals surface area contributed by atoms with Gasteiger partial charge in [-0.3, -0.25) is 4.79 Å². The second-order valence-corrected chi connectivity index (χ2v) is 3.42. The summed E-state index contributed by atoms with van der Waals surface area (Å²) in [6.07, 6.45) is -4.71. The van der Waals surface area contributed by atoms with Gasteiger partial charge in [0.2, 0.25) is 5.91 Å². The number of amides is 3. The van der Waals surface area contributed by atoms with E-state index in [-0.39, 0.29) is 32.1 Å². The van der Waals surface area contributed by atoms with Crippen molar-refractivity contribution in [3.63, 3.8) is 0 Å². The van der Waals surface area contributed by atoms with E-state index in [4.69, 9.17) is 0 Å². The monoisotopic (exact) mass is 239 g/mol. The molecule has 1 aliphatic heterocycles. The van der Waals surface area contributed by atoms with Crippen molar-refractivity contribution >= 4 is 11.9 Å². The molecule has 1 saturated heterocycles. The summed E-state index contributed by atoms with van der Waals surface area (Å²) >= 11 is 0. The molecule has 0 aromatic heterocycles. The van der Waals surface area contributed by atoms with Gasteiger partial charge in [-0.05, 0) is 0 Å². The third-order valence-corrected chi connectivity index (χ3v) is 2.26. The Bertz CT molecular complexity index is 285. The van der Waals surface area contributed by atoms with Crippen LogP contribution in [0.3, 0.4) is 0 Å². The fourth-order valence-corrected chi connectivity index (χ4v) is 1.42. The Morgan fingerprint density at radius 1 is 1.06 bits per heavy atom. The second-order valence-electron chi connectivity index (χ2n) is 3.42. The summed E-state index contributed by atoms with van der Waals surface area (Å²) in [6.45, 7) is 2.13. The SMILES string of the molecule is CC(=O)N1CCN(C(=O)NC(F)(F)F)CC1. The molecule has 0 radical (unpaired) electrons. The maximum absolute atomic E-state index is 11.8. The highest BCUT2D eigenvalue weighted by Gasteiger charge is 2.33. The van der Waals surface area contributed by atoms with E-state index >= 15 is 0 Å². The average Bonchev–Trinajstić information content (AvgIpc) is 2.15. The van der Waals surface area contributed by atoms with E-state index in [0.717, 1.165) is 10.2 Å². The Morgan fingerprint density at radius 2 is 1.50 bits per heavy atom. The molecule has 0 saturated carbocycles. The largest absolute Gasteiger partial charge is 0.485 e. The molecule has 1 heterocycles. The zero-order valence-electron chi connectivity index (χ0n) is 8.67. The predicted octanol–water partition coefficient (Wildman–Crippen LogP) is 0.380. The van der Waals surface area contributed by atoms with Crippen LogP contribution in [0.2, 0.25) is 0 Å². The molecule has 16 heavy (non-hydrogen) atoms. The van der Waals surface area contributed by atoms with E-state index in [1.807, 2.05) is 0 Å². The smallest absolute Gasteiger partial charge is 0.339 e. The molecule has 0 atom stereocenters. The molecule has 0 aliphatic carbocycles. The Kier molecular flexibility index (Phi) is 3.61. The van der Waals surface area contributed by atoms with Crippen molar-refractivity contribution in [2.45, 2.75) is 13.2 Å². The minimum absolute atomic E-state index is 0.113. The number of carbonyl (C=O) groups is 2. The zero-order chi connectivity index (χ0) is 12.3. The second kappa shape index (κ2) is 4.58. The van der Waals surface area contributed by atoms with E-state index < -0.39 is 12.3 Å². The molecule has 8 heteroatoms. The topological polar surface area (TPSA) is 52.7 Å². The fourth-order valence-electron chi connectivity index (χ4n) is 1.42. The number of carbonyl (C=O) groups excluding carboxylic acids is 2. The lowest BCUT2D eigenvalue weighted by atomic mass is 10.3. The first-order valence-electron chi connectivity index (χ1n) is 4.69. The van der Waals surface area contributed by atoms with Gasteiger partial charge in [-0.25, -0.2) is 10.1 Å². The van der Waals surface area contributed by atoms with Crippen molar-refractivity contribution in [1.82, 2.24) is 15.1 Å². The highest BCUT2D eigenvalue weighted by Crippen LogP contribution is 2.11. The maximum Gasteiger partial charge on any atom is 0.485 e.